The largest absolute Gasteiger partial charge is 0.481 e. The Morgan fingerprint density at radius 1 is 1.24 bits per heavy atom. The average Bonchev–Trinajstić information content (AvgIpc) is 2.47. The van der Waals surface area contributed by atoms with Crippen molar-refractivity contribution in [1.29, 1.82) is 5.26 Å². The van der Waals surface area contributed by atoms with Gasteiger partial charge in [0.2, 0.25) is 0 Å². The summed E-state index contributed by atoms with van der Waals surface area (Å²) in [5, 5.41) is 17.5. The minimum atomic E-state index is -1.25. The molecule has 0 amide bonds. The Bertz CT molecular complexity index is 720. The van der Waals surface area contributed by atoms with Crippen molar-refractivity contribution in [2.75, 3.05) is 0 Å². The molecule has 106 valence electrons. The van der Waals surface area contributed by atoms with Crippen LogP contribution in [-0.2, 0) is 27.8 Å². The van der Waals surface area contributed by atoms with E-state index in [2.05, 4.69) is 4.98 Å². The molecule has 0 aliphatic rings. The van der Waals surface area contributed by atoms with Crippen LogP contribution in [0.1, 0.15) is 16.8 Å². The van der Waals surface area contributed by atoms with Crippen molar-refractivity contribution in [2.45, 2.75) is 17.1 Å². The van der Waals surface area contributed by atoms with Crippen LogP contribution in [0.5, 0.6) is 0 Å². The minimum Gasteiger partial charge on any atom is -0.481 e. The van der Waals surface area contributed by atoms with E-state index in [1.54, 1.807) is 36.4 Å². The molecule has 0 aliphatic heterocycles. The van der Waals surface area contributed by atoms with Crippen molar-refractivity contribution in [2.24, 2.45) is 0 Å². The Morgan fingerprint density at radius 3 is 2.57 bits per heavy atom. The van der Waals surface area contributed by atoms with E-state index >= 15 is 0 Å². The van der Waals surface area contributed by atoms with E-state index in [1.165, 1.54) is 6.20 Å². The van der Waals surface area contributed by atoms with Crippen LogP contribution in [0.25, 0.3) is 0 Å². The van der Waals surface area contributed by atoms with E-state index in [1.807, 2.05) is 6.07 Å². The van der Waals surface area contributed by atoms with Crippen molar-refractivity contribution < 1.29 is 14.1 Å². The molecule has 1 atom stereocenters. The lowest BCUT2D eigenvalue weighted by Crippen LogP contribution is -2.01. The number of nitriles is 1. The Hall–Kier alpha value is -2.52. The maximum absolute atomic E-state index is 12.2. The lowest BCUT2D eigenvalue weighted by atomic mass is 10.2. The van der Waals surface area contributed by atoms with Crippen LogP contribution in [0, 0.1) is 11.3 Å². The number of aliphatic carboxylic acids is 1. The fraction of sp³-hybridized carbons (Fsp3) is 0.133. The summed E-state index contributed by atoms with van der Waals surface area (Å²) in [4.78, 5) is 15.1. The second-order valence-corrected chi connectivity index (χ2v) is 5.82. The van der Waals surface area contributed by atoms with Crippen molar-refractivity contribution in [3.05, 3.63) is 59.4 Å². The van der Waals surface area contributed by atoms with Gasteiger partial charge in [0.05, 0.1) is 23.0 Å². The molecule has 1 aromatic heterocycles. The number of carbonyl (C=O) groups is 1. The first kappa shape index (κ1) is 14.9. The molecule has 1 unspecified atom stereocenters. The predicted molar refractivity (Wildman–Crippen MR) is 76.8 cm³/mol. The van der Waals surface area contributed by atoms with Gasteiger partial charge in [-0.15, -0.1) is 0 Å². The summed E-state index contributed by atoms with van der Waals surface area (Å²) >= 11 is 0. The molecule has 0 aliphatic carbocycles. The number of carboxylic acid groups (broad SMARTS) is 1. The Labute approximate surface area is 124 Å². The third-order valence-corrected chi connectivity index (χ3v) is 4.17. The number of rotatable bonds is 5. The van der Waals surface area contributed by atoms with Gasteiger partial charge in [0.25, 0.3) is 0 Å². The van der Waals surface area contributed by atoms with Gasteiger partial charge in [-0.3, -0.25) is 9.00 Å². The predicted octanol–water partition coefficient (Wildman–Crippen LogP) is 1.89. The lowest BCUT2D eigenvalue weighted by Gasteiger charge is -2.04. The summed E-state index contributed by atoms with van der Waals surface area (Å²) < 4.78 is 12.2. The van der Waals surface area contributed by atoms with Crippen molar-refractivity contribution in [3.63, 3.8) is 0 Å². The molecule has 6 heteroatoms. The van der Waals surface area contributed by atoms with Crippen molar-refractivity contribution in [3.8, 4) is 6.07 Å². The van der Waals surface area contributed by atoms with E-state index in [0.29, 0.717) is 16.2 Å². The lowest BCUT2D eigenvalue weighted by molar-refractivity contribution is -0.136. The van der Waals surface area contributed by atoms with Gasteiger partial charge in [0, 0.05) is 11.1 Å². The number of carboxylic acids is 1. The molecule has 2 rings (SSSR count). The molecular formula is C15H12N2O3S. The van der Waals surface area contributed by atoms with Gasteiger partial charge in [0.1, 0.15) is 11.8 Å². The van der Waals surface area contributed by atoms with E-state index in [4.69, 9.17) is 10.4 Å². The van der Waals surface area contributed by atoms with Crippen LogP contribution in [0.2, 0.25) is 0 Å². The molecule has 21 heavy (non-hydrogen) atoms. The highest BCUT2D eigenvalue weighted by atomic mass is 32.2. The monoisotopic (exact) mass is 300 g/mol. The third kappa shape index (κ3) is 4.23. The van der Waals surface area contributed by atoms with Crippen LogP contribution >= 0.6 is 0 Å². The first-order valence-electron chi connectivity index (χ1n) is 6.12. The van der Waals surface area contributed by atoms with Gasteiger partial charge in [-0.05, 0) is 35.4 Å². The number of nitrogens with zero attached hydrogens (tertiary/aromatic N) is 2. The molecule has 1 heterocycles. The van der Waals surface area contributed by atoms with Gasteiger partial charge < -0.3 is 5.11 Å². The van der Waals surface area contributed by atoms with Gasteiger partial charge in [0.15, 0.2) is 0 Å². The van der Waals surface area contributed by atoms with Crippen LogP contribution in [0.4, 0.5) is 0 Å². The van der Waals surface area contributed by atoms with E-state index in [-0.39, 0.29) is 12.2 Å². The standard InChI is InChI=1S/C15H12N2O3S/c16-9-13-7-12(5-6-17-13)10-21(20)14-3-1-11(2-4-14)8-15(18)19/h1-7H,8,10H2,(H,18,19). The molecule has 1 aromatic carbocycles. The van der Waals surface area contributed by atoms with Gasteiger partial charge >= 0.3 is 5.97 Å². The maximum Gasteiger partial charge on any atom is 0.307 e. The Morgan fingerprint density at radius 2 is 1.95 bits per heavy atom. The zero-order valence-electron chi connectivity index (χ0n) is 11.0. The van der Waals surface area contributed by atoms with Crippen LogP contribution < -0.4 is 0 Å². The number of benzene rings is 1. The zero-order valence-corrected chi connectivity index (χ0v) is 11.8. The van der Waals surface area contributed by atoms with E-state index in [0.717, 1.165) is 5.56 Å². The molecule has 0 radical (unpaired) electrons. The summed E-state index contributed by atoms with van der Waals surface area (Å²) in [7, 11) is -1.25. The van der Waals surface area contributed by atoms with Crippen molar-refractivity contribution >= 4 is 16.8 Å². The molecule has 2 aromatic rings. The SMILES string of the molecule is N#Cc1cc(CS(=O)c2ccc(CC(=O)O)cc2)ccn1. The molecule has 0 saturated heterocycles. The Kier molecular flexibility index (Phi) is 4.80. The summed E-state index contributed by atoms with van der Waals surface area (Å²) in [6, 6.07) is 11.9. The number of pyridine rings is 1. The molecular weight excluding hydrogens is 288 g/mol. The first-order chi connectivity index (χ1) is 10.1. The zero-order chi connectivity index (χ0) is 15.2. The van der Waals surface area contributed by atoms with Gasteiger partial charge in [-0.2, -0.15) is 5.26 Å². The van der Waals surface area contributed by atoms with Crippen molar-refractivity contribution in [1.82, 2.24) is 4.98 Å². The highest BCUT2D eigenvalue weighted by Crippen LogP contribution is 2.14. The molecule has 0 fully saturated rings. The topological polar surface area (TPSA) is 91.0 Å². The van der Waals surface area contributed by atoms with Crippen LogP contribution in [-0.4, -0.2) is 20.3 Å². The molecule has 0 saturated carbocycles. The number of aromatic nitrogens is 1. The molecule has 0 bridgehead atoms. The third-order valence-electron chi connectivity index (χ3n) is 2.78. The molecule has 1 N–H and O–H groups in total. The smallest absolute Gasteiger partial charge is 0.307 e. The van der Waals surface area contributed by atoms with Gasteiger partial charge in [-0.1, -0.05) is 12.1 Å². The highest BCUT2D eigenvalue weighted by Gasteiger charge is 2.07. The fourth-order valence-corrected chi connectivity index (χ4v) is 2.88. The average molecular weight is 300 g/mol. The Balaban J connectivity index is 2.09. The number of hydrogen-bond acceptors (Lipinski definition) is 4. The summed E-state index contributed by atoms with van der Waals surface area (Å²) in [5.74, 6) is -0.611. The summed E-state index contributed by atoms with van der Waals surface area (Å²) in [6.45, 7) is 0. The normalized spacial score (nSPS) is 11.6. The highest BCUT2D eigenvalue weighted by molar-refractivity contribution is 7.84. The second-order valence-electron chi connectivity index (χ2n) is 4.37. The van der Waals surface area contributed by atoms with E-state index in [9.17, 15) is 9.00 Å². The summed E-state index contributed by atoms with van der Waals surface area (Å²) in [5.41, 5.74) is 1.73. The van der Waals surface area contributed by atoms with Gasteiger partial charge in [-0.25, -0.2) is 4.98 Å². The van der Waals surface area contributed by atoms with E-state index < -0.39 is 16.8 Å². The molecule has 5 nitrogen and oxygen atoms in total. The fourth-order valence-electron chi connectivity index (χ4n) is 1.79. The number of hydrogen-bond donors (Lipinski definition) is 1. The quantitative estimate of drug-likeness (QED) is 0.910. The van der Waals surface area contributed by atoms with Crippen LogP contribution in [0.15, 0.2) is 47.5 Å². The second kappa shape index (κ2) is 6.77. The first-order valence-corrected chi connectivity index (χ1v) is 7.44. The maximum atomic E-state index is 12.2. The summed E-state index contributed by atoms with van der Waals surface area (Å²) in [6.07, 6.45) is 1.46. The van der Waals surface area contributed by atoms with Crippen LogP contribution in [0.3, 0.4) is 0 Å². The minimum absolute atomic E-state index is 0.0528. The molecule has 0 spiro atoms.